The predicted molar refractivity (Wildman–Crippen MR) is 112 cm³/mol. The topological polar surface area (TPSA) is 67.3 Å². The van der Waals surface area contributed by atoms with Crippen molar-refractivity contribution in [3.05, 3.63) is 83.0 Å². The Balaban J connectivity index is 1.32. The summed E-state index contributed by atoms with van der Waals surface area (Å²) in [6, 6.07) is 19.9. The zero-order valence-corrected chi connectivity index (χ0v) is 16.5. The summed E-state index contributed by atoms with van der Waals surface area (Å²) in [6.07, 6.45) is 1.71. The number of benzene rings is 2. The van der Waals surface area contributed by atoms with E-state index in [1.54, 1.807) is 13.2 Å². The Morgan fingerprint density at radius 2 is 1.93 bits per heavy atom. The van der Waals surface area contributed by atoms with Crippen LogP contribution in [0.4, 0.5) is 5.82 Å². The summed E-state index contributed by atoms with van der Waals surface area (Å²) in [5.41, 5.74) is 4.15. The SMILES string of the molecule is COc1cccc(CCNC(=O)c2ccc(N3CCc4ccccc4C3)nn2)c1. The van der Waals surface area contributed by atoms with E-state index in [9.17, 15) is 4.79 Å². The Bertz CT molecular complexity index is 988. The van der Waals surface area contributed by atoms with E-state index in [2.05, 4.69) is 44.7 Å². The lowest BCUT2D eigenvalue weighted by Gasteiger charge is -2.29. The zero-order valence-electron chi connectivity index (χ0n) is 16.5. The summed E-state index contributed by atoms with van der Waals surface area (Å²) in [5, 5.41) is 11.3. The largest absolute Gasteiger partial charge is 0.497 e. The van der Waals surface area contributed by atoms with Crippen LogP contribution in [0.2, 0.25) is 0 Å². The Kier molecular flexibility index (Phi) is 5.70. The Hall–Kier alpha value is -3.41. The molecule has 1 N–H and O–H groups in total. The number of fused-ring (bicyclic) bond motifs is 1. The number of carbonyl (C=O) groups excluding carboxylic acids is 1. The first-order valence-electron chi connectivity index (χ1n) is 9.79. The first kappa shape index (κ1) is 18.9. The van der Waals surface area contributed by atoms with Gasteiger partial charge in [0.2, 0.25) is 0 Å². The second-order valence-electron chi connectivity index (χ2n) is 7.07. The molecule has 1 aliphatic rings. The molecule has 148 valence electrons. The molecule has 0 radical (unpaired) electrons. The quantitative estimate of drug-likeness (QED) is 0.703. The number of rotatable bonds is 6. The molecule has 2 heterocycles. The van der Waals surface area contributed by atoms with Gasteiger partial charge in [0.1, 0.15) is 5.75 Å². The molecule has 6 nitrogen and oxygen atoms in total. The molecule has 1 amide bonds. The lowest BCUT2D eigenvalue weighted by atomic mass is 10.00. The molecule has 0 saturated heterocycles. The minimum absolute atomic E-state index is 0.212. The van der Waals surface area contributed by atoms with E-state index in [0.717, 1.165) is 43.1 Å². The molecule has 0 fully saturated rings. The fourth-order valence-corrected chi connectivity index (χ4v) is 3.55. The predicted octanol–water partition coefficient (Wildman–Crippen LogP) is 3.02. The maximum absolute atomic E-state index is 12.4. The van der Waals surface area contributed by atoms with E-state index in [0.29, 0.717) is 12.2 Å². The van der Waals surface area contributed by atoms with Crippen LogP contribution in [0.15, 0.2) is 60.7 Å². The van der Waals surface area contributed by atoms with Crippen molar-refractivity contribution in [1.29, 1.82) is 0 Å². The molecule has 0 aliphatic carbocycles. The van der Waals surface area contributed by atoms with Crippen LogP contribution in [-0.4, -0.2) is 36.3 Å². The summed E-state index contributed by atoms with van der Waals surface area (Å²) in [4.78, 5) is 14.6. The van der Waals surface area contributed by atoms with Crippen molar-refractivity contribution in [3.63, 3.8) is 0 Å². The van der Waals surface area contributed by atoms with Gasteiger partial charge in [0.05, 0.1) is 7.11 Å². The minimum atomic E-state index is -0.212. The third kappa shape index (κ3) is 4.54. The highest BCUT2D eigenvalue weighted by Gasteiger charge is 2.18. The van der Waals surface area contributed by atoms with Crippen LogP contribution in [0.25, 0.3) is 0 Å². The number of nitrogens with zero attached hydrogens (tertiary/aromatic N) is 3. The highest BCUT2D eigenvalue weighted by atomic mass is 16.5. The van der Waals surface area contributed by atoms with Gasteiger partial charge in [0, 0.05) is 19.6 Å². The maximum atomic E-state index is 12.4. The van der Waals surface area contributed by atoms with Crippen LogP contribution in [-0.2, 0) is 19.4 Å². The van der Waals surface area contributed by atoms with E-state index in [1.165, 1.54) is 11.1 Å². The molecule has 1 aliphatic heterocycles. The molecule has 1 aromatic heterocycles. The number of methoxy groups -OCH3 is 1. The number of hydrogen-bond donors (Lipinski definition) is 1. The highest BCUT2D eigenvalue weighted by Crippen LogP contribution is 2.22. The second kappa shape index (κ2) is 8.73. The van der Waals surface area contributed by atoms with Gasteiger partial charge in [-0.3, -0.25) is 4.79 Å². The molecule has 3 aromatic rings. The number of amides is 1. The molecule has 0 atom stereocenters. The normalized spacial score (nSPS) is 12.9. The zero-order chi connectivity index (χ0) is 20.1. The van der Waals surface area contributed by atoms with Gasteiger partial charge in [-0.15, -0.1) is 10.2 Å². The van der Waals surface area contributed by atoms with E-state index in [4.69, 9.17) is 4.74 Å². The number of hydrogen-bond acceptors (Lipinski definition) is 5. The van der Waals surface area contributed by atoms with Gasteiger partial charge in [-0.2, -0.15) is 0 Å². The monoisotopic (exact) mass is 388 g/mol. The number of carbonyl (C=O) groups is 1. The molecular formula is C23H24N4O2. The Morgan fingerprint density at radius 1 is 1.07 bits per heavy atom. The van der Waals surface area contributed by atoms with Crippen molar-refractivity contribution in [1.82, 2.24) is 15.5 Å². The van der Waals surface area contributed by atoms with Crippen LogP contribution >= 0.6 is 0 Å². The molecule has 0 bridgehead atoms. The molecule has 0 saturated carbocycles. The number of ether oxygens (including phenoxy) is 1. The van der Waals surface area contributed by atoms with Gasteiger partial charge in [0.25, 0.3) is 5.91 Å². The molecule has 4 rings (SSSR count). The number of anilines is 1. The van der Waals surface area contributed by atoms with Crippen molar-refractivity contribution in [3.8, 4) is 5.75 Å². The van der Waals surface area contributed by atoms with Gasteiger partial charge in [0.15, 0.2) is 11.5 Å². The van der Waals surface area contributed by atoms with Gasteiger partial charge in [-0.1, -0.05) is 36.4 Å². The number of nitrogens with one attached hydrogen (secondary N) is 1. The standard InChI is InChI=1S/C23H24N4O2/c1-29-20-8-4-5-17(15-20)11-13-24-23(28)21-9-10-22(26-25-21)27-14-12-18-6-2-3-7-19(18)16-27/h2-10,15H,11-14,16H2,1H3,(H,24,28). The first-order chi connectivity index (χ1) is 14.2. The van der Waals surface area contributed by atoms with Crippen LogP contribution in [0.1, 0.15) is 27.2 Å². The van der Waals surface area contributed by atoms with E-state index in [-0.39, 0.29) is 5.91 Å². The first-order valence-corrected chi connectivity index (χ1v) is 9.79. The van der Waals surface area contributed by atoms with Crippen LogP contribution < -0.4 is 15.0 Å². The molecule has 0 spiro atoms. The minimum Gasteiger partial charge on any atom is -0.497 e. The van der Waals surface area contributed by atoms with Gasteiger partial charge < -0.3 is 15.0 Å². The Labute approximate surface area is 170 Å². The fraction of sp³-hybridized carbons (Fsp3) is 0.261. The summed E-state index contributed by atoms with van der Waals surface area (Å²) in [5.74, 6) is 1.40. The van der Waals surface area contributed by atoms with E-state index < -0.39 is 0 Å². The summed E-state index contributed by atoms with van der Waals surface area (Å²) in [7, 11) is 1.64. The van der Waals surface area contributed by atoms with Gasteiger partial charge in [-0.05, 0) is 53.8 Å². The lowest BCUT2D eigenvalue weighted by molar-refractivity contribution is 0.0948. The third-order valence-electron chi connectivity index (χ3n) is 5.17. The molecule has 29 heavy (non-hydrogen) atoms. The number of aromatic nitrogens is 2. The smallest absolute Gasteiger partial charge is 0.271 e. The summed E-state index contributed by atoms with van der Waals surface area (Å²) in [6.45, 7) is 2.24. The third-order valence-corrected chi connectivity index (χ3v) is 5.17. The average Bonchev–Trinajstić information content (AvgIpc) is 2.79. The summed E-state index contributed by atoms with van der Waals surface area (Å²) >= 11 is 0. The maximum Gasteiger partial charge on any atom is 0.271 e. The van der Waals surface area contributed by atoms with Crippen molar-refractivity contribution in [2.24, 2.45) is 0 Å². The summed E-state index contributed by atoms with van der Waals surface area (Å²) < 4.78 is 5.22. The van der Waals surface area contributed by atoms with Gasteiger partial charge >= 0.3 is 0 Å². The van der Waals surface area contributed by atoms with Crippen LogP contribution in [0.5, 0.6) is 5.75 Å². The van der Waals surface area contributed by atoms with Crippen molar-refractivity contribution >= 4 is 11.7 Å². The molecule has 2 aromatic carbocycles. The second-order valence-corrected chi connectivity index (χ2v) is 7.07. The van der Waals surface area contributed by atoms with Crippen LogP contribution in [0, 0.1) is 0 Å². The highest BCUT2D eigenvalue weighted by molar-refractivity contribution is 5.92. The van der Waals surface area contributed by atoms with Crippen molar-refractivity contribution in [2.75, 3.05) is 25.1 Å². The average molecular weight is 388 g/mol. The van der Waals surface area contributed by atoms with Crippen LogP contribution in [0.3, 0.4) is 0 Å². The van der Waals surface area contributed by atoms with Crippen molar-refractivity contribution in [2.45, 2.75) is 19.4 Å². The van der Waals surface area contributed by atoms with E-state index >= 15 is 0 Å². The molecule has 6 heteroatoms. The molecular weight excluding hydrogens is 364 g/mol. The fourth-order valence-electron chi connectivity index (χ4n) is 3.55. The van der Waals surface area contributed by atoms with E-state index in [1.807, 2.05) is 30.3 Å². The lowest BCUT2D eigenvalue weighted by Crippen LogP contribution is -2.31. The molecule has 0 unspecified atom stereocenters. The van der Waals surface area contributed by atoms with Crippen molar-refractivity contribution < 1.29 is 9.53 Å². The van der Waals surface area contributed by atoms with Gasteiger partial charge in [-0.25, -0.2) is 0 Å². The Morgan fingerprint density at radius 3 is 2.72 bits per heavy atom.